The Balaban J connectivity index is 4.58. The smallest absolute Gasteiger partial charge is 0.155 e. The first-order chi connectivity index (χ1) is 9.29. The monoisotopic (exact) mass is 292 g/mol. The van der Waals surface area contributed by atoms with Crippen molar-refractivity contribution < 1.29 is 39.2 Å². The fourth-order valence-electron chi connectivity index (χ4n) is 1.29. The summed E-state index contributed by atoms with van der Waals surface area (Å²) in [6, 6.07) is 0. The third kappa shape index (κ3) is 7.41. The van der Waals surface area contributed by atoms with E-state index in [9.17, 15) is 24.6 Å². The lowest BCUT2D eigenvalue weighted by atomic mass is 10.0. The molecular weight excluding hydrogens is 272 g/mol. The molecule has 0 bridgehead atoms. The maximum Gasteiger partial charge on any atom is 0.155 e. The number of aldehydes is 1. The summed E-state index contributed by atoms with van der Waals surface area (Å²) in [6.07, 6.45) is -6.33. The number of ketones is 2. The predicted octanol–water partition coefficient (Wildman–Crippen LogP) is -2.15. The van der Waals surface area contributed by atoms with Crippen molar-refractivity contribution >= 4 is 17.9 Å². The molecule has 0 amide bonds. The van der Waals surface area contributed by atoms with Crippen molar-refractivity contribution in [3.63, 3.8) is 0 Å². The molecule has 0 saturated heterocycles. The molecule has 20 heavy (non-hydrogen) atoms. The molecule has 0 aliphatic heterocycles. The number of Topliss-reactive ketones (excluding diaryl/α,β-unsaturated/α-hetero) is 2. The van der Waals surface area contributed by atoms with Crippen LogP contribution in [0.3, 0.4) is 0 Å². The fourth-order valence-corrected chi connectivity index (χ4v) is 1.29. The molecule has 0 spiro atoms. The number of aliphatic hydroxyl groups is 3. The van der Waals surface area contributed by atoms with Crippen LogP contribution in [0.25, 0.3) is 0 Å². The number of carbonyl (C=O) groups excluding carboxylic acids is 3. The summed E-state index contributed by atoms with van der Waals surface area (Å²) in [4.78, 5) is 31.9. The molecule has 4 atom stereocenters. The predicted molar refractivity (Wildman–Crippen MR) is 66.0 cm³/mol. The molecule has 116 valence electrons. The van der Waals surface area contributed by atoms with E-state index in [-0.39, 0.29) is 37.7 Å². The maximum atomic E-state index is 10.8. The largest absolute Gasteiger partial charge is 0.387 e. The van der Waals surface area contributed by atoms with Gasteiger partial charge in [0, 0.05) is 0 Å². The summed E-state index contributed by atoms with van der Waals surface area (Å²) in [7, 11) is 0. The first-order valence-corrected chi connectivity index (χ1v) is 5.97. The van der Waals surface area contributed by atoms with Crippen molar-refractivity contribution in [2.75, 3.05) is 19.8 Å². The summed E-state index contributed by atoms with van der Waals surface area (Å²) in [5.74, 6) is -0.572. The summed E-state index contributed by atoms with van der Waals surface area (Å²) < 4.78 is 9.99. The SMILES string of the molecule is CC(=O)COCC(OCC(C)=O)C(O)C(O)C(O)C=O. The Bertz CT molecular complexity index is 329. The van der Waals surface area contributed by atoms with Crippen molar-refractivity contribution in [1.82, 2.24) is 0 Å². The van der Waals surface area contributed by atoms with Crippen LogP contribution in [0.1, 0.15) is 13.8 Å². The number of hydrogen-bond acceptors (Lipinski definition) is 8. The number of ether oxygens (including phenoxy) is 2. The third-order valence-electron chi connectivity index (χ3n) is 2.31. The third-order valence-corrected chi connectivity index (χ3v) is 2.31. The van der Waals surface area contributed by atoms with Gasteiger partial charge in [-0.1, -0.05) is 0 Å². The molecule has 4 unspecified atom stereocenters. The van der Waals surface area contributed by atoms with E-state index in [1.54, 1.807) is 0 Å². The molecule has 0 aromatic rings. The van der Waals surface area contributed by atoms with Gasteiger partial charge in [0.15, 0.2) is 17.9 Å². The second-order valence-corrected chi connectivity index (χ2v) is 4.38. The molecule has 0 heterocycles. The van der Waals surface area contributed by atoms with E-state index >= 15 is 0 Å². The number of carbonyl (C=O) groups is 3. The number of aliphatic hydroxyl groups excluding tert-OH is 3. The minimum atomic E-state index is -1.79. The van der Waals surface area contributed by atoms with Gasteiger partial charge in [-0.15, -0.1) is 0 Å². The summed E-state index contributed by atoms with van der Waals surface area (Å²) in [5, 5.41) is 28.4. The highest BCUT2D eigenvalue weighted by Crippen LogP contribution is 2.09. The highest BCUT2D eigenvalue weighted by Gasteiger charge is 2.32. The van der Waals surface area contributed by atoms with Gasteiger partial charge >= 0.3 is 0 Å². The van der Waals surface area contributed by atoms with E-state index in [1.807, 2.05) is 0 Å². The van der Waals surface area contributed by atoms with Gasteiger partial charge in [0.25, 0.3) is 0 Å². The number of rotatable bonds is 11. The standard InChI is InChI=1S/C12H20O8/c1-7(14)4-19-6-10(20-5-8(2)15)12(18)11(17)9(16)3-13/h3,9-12,16-18H,4-6H2,1-2H3. The van der Waals surface area contributed by atoms with Crippen LogP contribution in [-0.4, -0.2) is 77.4 Å². The minimum Gasteiger partial charge on any atom is -0.387 e. The normalized spacial score (nSPS) is 17.1. The molecule has 0 aromatic heterocycles. The van der Waals surface area contributed by atoms with Crippen molar-refractivity contribution in [3.05, 3.63) is 0 Å². The highest BCUT2D eigenvalue weighted by atomic mass is 16.5. The van der Waals surface area contributed by atoms with Gasteiger partial charge in [-0.3, -0.25) is 9.59 Å². The quantitative estimate of drug-likeness (QED) is 0.367. The Morgan fingerprint density at radius 2 is 1.60 bits per heavy atom. The summed E-state index contributed by atoms with van der Waals surface area (Å²) >= 11 is 0. The van der Waals surface area contributed by atoms with Crippen LogP contribution in [0, 0.1) is 0 Å². The zero-order valence-electron chi connectivity index (χ0n) is 11.4. The molecule has 0 rings (SSSR count). The molecule has 8 heteroatoms. The lowest BCUT2D eigenvalue weighted by Gasteiger charge is -2.27. The van der Waals surface area contributed by atoms with E-state index < -0.39 is 24.4 Å². The van der Waals surface area contributed by atoms with E-state index in [0.29, 0.717) is 0 Å². The van der Waals surface area contributed by atoms with Crippen molar-refractivity contribution in [3.8, 4) is 0 Å². The molecule has 0 aliphatic carbocycles. The Morgan fingerprint density at radius 1 is 1.05 bits per heavy atom. The van der Waals surface area contributed by atoms with Gasteiger partial charge in [0.1, 0.15) is 37.6 Å². The van der Waals surface area contributed by atoms with Gasteiger partial charge in [0.2, 0.25) is 0 Å². The molecule has 8 nitrogen and oxygen atoms in total. The fraction of sp³-hybridized carbons (Fsp3) is 0.750. The van der Waals surface area contributed by atoms with Gasteiger partial charge in [0.05, 0.1) is 6.61 Å². The van der Waals surface area contributed by atoms with Crippen LogP contribution < -0.4 is 0 Å². The van der Waals surface area contributed by atoms with Crippen molar-refractivity contribution in [2.45, 2.75) is 38.3 Å². The van der Waals surface area contributed by atoms with Crippen molar-refractivity contribution in [1.29, 1.82) is 0 Å². The van der Waals surface area contributed by atoms with E-state index in [0.717, 1.165) is 0 Å². The Hall–Kier alpha value is -1.19. The van der Waals surface area contributed by atoms with E-state index in [4.69, 9.17) is 14.6 Å². The number of hydrogen-bond donors (Lipinski definition) is 3. The molecule has 0 aliphatic rings. The molecule has 0 radical (unpaired) electrons. The van der Waals surface area contributed by atoms with Crippen LogP contribution in [0.5, 0.6) is 0 Å². The average molecular weight is 292 g/mol. The molecular formula is C12H20O8. The Kier molecular flexibility index (Phi) is 9.10. The molecule has 0 saturated carbocycles. The van der Waals surface area contributed by atoms with Crippen LogP contribution in [0.15, 0.2) is 0 Å². The molecule has 0 aromatic carbocycles. The topological polar surface area (TPSA) is 130 Å². The lowest BCUT2D eigenvalue weighted by molar-refractivity contribution is -0.154. The second kappa shape index (κ2) is 9.67. The first kappa shape index (κ1) is 18.8. The Labute approximate surface area is 116 Å². The molecule has 3 N–H and O–H groups in total. The summed E-state index contributed by atoms with van der Waals surface area (Å²) in [6.45, 7) is 1.72. The van der Waals surface area contributed by atoms with Crippen molar-refractivity contribution in [2.24, 2.45) is 0 Å². The van der Waals surface area contributed by atoms with Gasteiger partial charge in [-0.25, -0.2) is 0 Å². The second-order valence-electron chi connectivity index (χ2n) is 4.38. The summed E-state index contributed by atoms with van der Waals surface area (Å²) in [5.41, 5.74) is 0. The highest BCUT2D eigenvalue weighted by molar-refractivity contribution is 5.77. The average Bonchev–Trinajstić information content (AvgIpc) is 2.39. The van der Waals surface area contributed by atoms with Crippen LogP contribution >= 0.6 is 0 Å². The van der Waals surface area contributed by atoms with Gasteiger partial charge < -0.3 is 29.6 Å². The van der Waals surface area contributed by atoms with Crippen LogP contribution in [-0.2, 0) is 23.9 Å². The van der Waals surface area contributed by atoms with Gasteiger partial charge in [-0.05, 0) is 13.8 Å². The lowest BCUT2D eigenvalue weighted by Crippen LogP contribution is -2.48. The van der Waals surface area contributed by atoms with Gasteiger partial charge in [-0.2, -0.15) is 0 Å². The van der Waals surface area contributed by atoms with Crippen LogP contribution in [0.2, 0.25) is 0 Å². The van der Waals surface area contributed by atoms with E-state index in [2.05, 4.69) is 0 Å². The van der Waals surface area contributed by atoms with E-state index in [1.165, 1.54) is 13.8 Å². The zero-order chi connectivity index (χ0) is 15.7. The first-order valence-electron chi connectivity index (χ1n) is 5.97. The van der Waals surface area contributed by atoms with Crippen LogP contribution in [0.4, 0.5) is 0 Å². The zero-order valence-corrected chi connectivity index (χ0v) is 11.4. The minimum absolute atomic E-state index is 0.0619. The Morgan fingerprint density at radius 3 is 2.05 bits per heavy atom. The molecule has 0 fully saturated rings. The maximum absolute atomic E-state index is 10.8.